The van der Waals surface area contributed by atoms with Gasteiger partial charge in [-0.25, -0.2) is 4.98 Å². The molecule has 2 heterocycles. The number of rotatable bonds is 0. The molecule has 2 aromatic heterocycles. The van der Waals surface area contributed by atoms with Gasteiger partial charge in [-0.1, -0.05) is 0 Å². The maximum atomic E-state index is 12.0. The molecule has 0 saturated heterocycles. The van der Waals surface area contributed by atoms with Gasteiger partial charge in [0.15, 0.2) is 5.43 Å². The number of aryl methyl sites for hydroxylation is 2. The Morgan fingerprint density at radius 2 is 1.87 bits per heavy atom. The highest BCUT2D eigenvalue weighted by Crippen LogP contribution is 2.12. The Kier molecular flexibility index (Phi) is 2.11. The molecule has 0 aliphatic heterocycles. The van der Waals surface area contributed by atoms with Gasteiger partial charge in [-0.3, -0.25) is 4.79 Å². The second-order valence-electron chi connectivity index (χ2n) is 3.92. The van der Waals surface area contributed by atoms with E-state index in [9.17, 15) is 4.79 Å². The highest BCUT2D eigenvalue weighted by Gasteiger charge is 2.09. The lowest BCUT2D eigenvalue weighted by molar-refractivity contribution is 0.864. The molecule has 3 nitrogen and oxygen atoms in total. The number of fused-ring (bicyclic) bond motifs is 1. The summed E-state index contributed by atoms with van der Waals surface area (Å²) in [5, 5.41) is 0.700. The summed E-state index contributed by atoms with van der Waals surface area (Å²) in [6, 6.07) is 3.73. The maximum Gasteiger partial charge on any atom is 0.194 e. The molecule has 0 amide bonds. The maximum absolute atomic E-state index is 12.0. The van der Waals surface area contributed by atoms with Crippen LogP contribution >= 0.6 is 0 Å². The number of aromatic nitrogens is 2. The smallest absolute Gasteiger partial charge is 0.194 e. The van der Waals surface area contributed by atoms with Gasteiger partial charge in [0.2, 0.25) is 0 Å². The Labute approximate surface area is 88.4 Å². The average molecular weight is 202 g/mol. The van der Waals surface area contributed by atoms with E-state index < -0.39 is 0 Å². The molecule has 0 atom stereocenters. The van der Waals surface area contributed by atoms with Crippen LogP contribution in [0.4, 0.5) is 0 Å². The van der Waals surface area contributed by atoms with Gasteiger partial charge in [0.05, 0.1) is 5.39 Å². The van der Waals surface area contributed by atoms with Gasteiger partial charge in [0.1, 0.15) is 5.65 Å². The highest BCUT2D eigenvalue weighted by atomic mass is 16.1. The Morgan fingerprint density at radius 3 is 2.53 bits per heavy atom. The van der Waals surface area contributed by atoms with Crippen LogP contribution in [0.15, 0.2) is 16.9 Å². The Bertz CT molecular complexity index is 597. The molecule has 0 radical (unpaired) electrons. The van der Waals surface area contributed by atoms with Crippen LogP contribution in [-0.4, -0.2) is 9.55 Å². The van der Waals surface area contributed by atoms with Gasteiger partial charge in [0, 0.05) is 24.0 Å². The van der Waals surface area contributed by atoms with Crippen molar-refractivity contribution in [2.24, 2.45) is 7.05 Å². The molecule has 15 heavy (non-hydrogen) atoms. The molecule has 2 rings (SSSR count). The van der Waals surface area contributed by atoms with E-state index in [1.54, 1.807) is 0 Å². The van der Waals surface area contributed by atoms with Crippen molar-refractivity contribution >= 4 is 11.0 Å². The fraction of sp³-hybridized carbons (Fsp3) is 0.333. The SMILES string of the molecule is Cc1ccc2c(=O)c(C)c(C)n(C)c2n1. The number of pyridine rings is 2. The highest BCUT2D eigenvalue weighted by molar-refractivity contribution is 5.76. The zero-order valence-electron chi connectivity index (χ0n) is 9.46. The normalized spacial score (nSPS) is 10.9. The molecule has 78 valence electrons. The summed E-state index contributed by atoms with van der Waals surface area (Å²) in [5.41, 5.74) is 3.57. The molecule has 0 unspecified atom stereocenters. The molecule has 2 aromatic rings. The quantitative estimate of drug-likeness (QED) is 0.653. The topological polar surface area (TPSA) is 34.9 Å². The van der Waals surface area contributed by atoms with Crippen molar-refractivity contribution in [1.29, 1.82) is 0 Å². The summed E-state index contributed by atoms with van der Waals surface area (Å²) in [6.45, 7) is 5.73. The molecule has 0 N–H and O–H groups in total. The predicted molar refractivity (Wildman–Crippen MR) is 61.2 cm³/mol. The molecule has 0 aromatic carbocycles. The van der Waals surface area contributed by atoms with Gasteiger partial charge < -0.3 is 4.57 Å². The summed E-state index contributed by atoms with van der Waals surface area (Å²) in [5.74, 6) is 0. The lowest BCUT2D eigenvalue weighted by Crippen LogP contribution is -2.15. The van der Waals surface area contributed by atoms with Gasteiger partial charge in [-0.05, 0) is 32.9 Å². The van der Waals surface area contributed by atoms with E-state index in [0.717, 1.165) is 22.6 Å². The summed E-state index contributed by atoms with van der Waals surface area (Å²) in [4.78, 5) is 16.4. The van der Waals surface area contributed by atoms with Crippen LogP contribution in [0, 0.1) is 20.8 Å². The Balaban J connectivity index is 3.08. The van der Waals surface area contributed by atoms with E-state index in [-0.39, 0.29) is 5.43 Å². The second kappa shape index (κ2) is 3.19. The molecule has 0 saturated carbocycles. The third-order valence-corrected chi connectivity index (χ3v) is 2.96. The minimum atomic E-state index is 0.0908. The molecule has 0 spiro atoms. The molecule has 0 aliphatic carbocycles. The number of hydrogen-bond acceptors (Lipinski definition) is 2. The predicted octanol–water partition coefficient (Wildman–Crippen LogP) is 1.86. The first-order chi connectivity index (χ1) is 7.02. The van der Waals surface area contributed by atoms with Crippen LogP contribution in [-0.2, 0) is 7.05 Å². The van der Waals surface area contributed by atoms with Gasteiger partial charge in [0.25, 0.3) is 0 Å². The van der Waals surface area contributed by atoms with Crippen LogP contribution in [0.1, 0.15) is 17.0 Å². The lowest BCUT2D eigenvalue weighted by Gasteiger charge is -2.11. The van der Waals surface area contributed by atoms with E-state index >= 15 is 0 Å². The van der Waals surface area contributed by atoms with Crippen molar-refractivity contribution in [3.05, 3.63) is 39.3 Å². The molecule has 0 aliphatic rings. The fourth-order valence-electron chi connectivity index (χ4n) is 1.75. The summed E-state index contributed by atoms with van der Waals surface area (Å²) in [6.07, 6.45) is 0. The van der Waals surface area contributed by atoms with Crippen molar-refractivity contribution in [2.45, 2.75) is 20.8 Å². The molecular weight excluding hydrogens is 188 g/mol. The van der Waals surface area contributed by atoms with Crippen LogP contribution in [0.5, 0.6) is 0 Å². The van der Waals surface area contributed by atoms with E-state index in [1.807, 2.05) is 44.5 Å². The van der Waals surface area contributed by atoms with Crippen LogP contribution in [0.2, 0.25) is 0 Å². The third kappa shape index (κ3) is 1.35. The third-order valence-electron chi connectivity index (χ3n) is 2.96. The molecule has 3 heteroatoms. The van der Waals surface area contributed by atoms with Crippen LogP contribution in [0.3, 0.4) is 0 Å². The van der Waals surface area contributed by atoms with Gasteiger partial charge in [-0.15, -0.1) is 0 Å². The number of hydrogen-bond donors (Lipinski definition) is 0. The van der Waals surface area contributed by atoms with Crippen molar-refractivity contribution < 1.29 is 0 Å². The van der Waals surface area contributed by atoms with Crippen molar-refractivity contribution in [2.75, 3.05) is 0 Å². The van der Waals surface area contributed by atoms with Crippen molar-refractivity contribution in [3.63, 3.8) is 0 Å². The monoisotopic (exact) mass is 202 g/mol. The molecular formula is C12H14N2O. The van der Waals surface area contributed by atoms with E-state index in [1.165, 1.54) is 0 Å². The fourth-order valence-corrected chi connectivity index (χ4v) is 1.75. The minimum absolute atomic E-state index is 0.0908. The first-order valence-electron chi connectivity index (χ1n) is 4.96. The zero-order chi connectivity index (χ0) is 11.2. The minimum Gasteiger partial charge on any atom is -0.332 e. The summed E-state index contributed by atoms with van der Waals surface area (Å²) < 4.78 is 1.97. The van der Waals surface area contributed by atoms with Crippen molar-refractivity contribution in [1.82, 2.24) is 9.55 Å². The first kappa shape index (κ1) is 9.90. The zero-order valence-corrected chi connectivity index (χ0v) is 9.46. The summed E-state index contributed by atoms with van der Waals surface area (Å²) >= 11 is 0. The standard InChI is InChI=1S/C12H14N2O/c1-7-5-6-10-11(15)8(2)9(3)14(4)12(10)13-7/h5-6H,1-4H3. The lowest BCUT2D eigenvalue weighted by atomic mass is 10.1. The van der Waals surface area contributed by atoms with Crippen LogP contribution < -0.4 is 5.43 Å². The Morgan fingerprint density at radius 1 is 1.20 bits per heavy atom. The second-order valence-corrected chi connectivity index (χ2v) is 3.92. The van der Waals surface area contributed by atoms with Crippen LogP contribution in [0.25, 0.3) is 11.0 Å². The number of nitrogens with zero attached hydrogens (tertiary/aromatic N) is 2. The van der Waals surface area contributed by atoms with E-state index in [4.69, 9.17) is 0 Å². The Hall–Kier alpha value is -1.64. The first-order valence-corrected chi connectivity index (χ1v) is 4.96. The molecule has 0 bridgehead atoms. The molecule has 0 fully saturated rings. The van der Waals surface area contributed by atoms with Crippen molar-refractivity contribution in [3.8, 4) is 0 Å². The van der Waals surface area contributed by atoms with Gasteiger partial charge >= 0.3 is 0 Å². The van der Waals surface area contributed by atoms with E-state index in [0.29, 0.717) is 5.39 Å². The average Bonchev–Trinajstić information content (AvgIpc) is 2.23. The van der Waals surface area contributed by atoms with E-state index in [2.05, 4.69) is 4.98 Å². The van der Waals surface area contributed by atoms with Gasteiger partial charge in [-0.2, -0.15) is 0 Å². The largest absolute Gasteiger partial charge is 0.332 e. The summed E-state index contributed by atoms with van der Waals surface area (Å²) in [7, 11) is 1.94.